The molecule has 0 saturated heterocycles. The molecule has 0 unspecified atom stereocenters. The van der Waals surface area contributed by atoms with Crippen molar-refractivity contribution in [3.63, 3.8) is 0 Å². The van der Waals surface area contributed by atoms with Gasteiger partial charge in [-0.15, -0.1) is 5.10 Å². The minimum atomic E-state index is -5.08. The first kappa shape index (κ1) is 29.7. The molecule has 1 aromatic heterocycles. The lowest BCUT2D eigenvalue weighted by atomic mass is 9.92. The molecule has 0 aliphatic heterocycles. The smallest absolute Gasteiger partial charge is 0.475 e. The number of benzene rings is 2. The molecule has 2 aromatic carbocycles. The van der Waals surface area contributed by atoms with E-state index in [2.05, 4.69) is 20.7 Å². The van der Waals surface area contributed by atoms with E-state index in [0.29, 0.717) is 12.2 Å². The molecule has 2 atom stereocenters. The topological polar surface area (TPSA) is 132 Å². The van der Waals surface area contributed by atoms with E-state index < -0.39 is 29.6 Å². The number of aliphatic hydroxyl groups excluding tert-OH is 1. The summed E-state index contributed by atoms with van der Waals surface area (Å²) in [5, 5.41) is 27.6. The van der Waals surface area contributed by atoms with E-state index in [1.54, 1.807) is 0 Å². The van der Waals surface area contributed by atoms with Crippen molar-refractivity contribution in [2.75, 3.05) is 5.32 Å². The lowest BCUT2D eigenvalue weighted by molar-refractivity contribution is -0.192. The van der Waals surface area contributed by atoms with Crippen molar-refractivity contribution in [2.45, 2.75) is 56.7 Å². The second-order valence-electron chi connectivity index (χ2n) is 8.70. The summed E-state index contributed by atoms with van der Waals surface area (Å²) in [4.78, 5) is 23.6. The fourth-order valence-electron chi connectivity index (χ4n) is 3.81. The number of nitrogens with zero attached hydrogens (tertiary/aromatic N) is 2. The summed E-state index contributed by atoms with van der Waals surface area (Å²) >= 11 is 0. The number of carboxylic acid groups (broad SMARTS) is 1. The molecule has 39 heavy (non-hydrogen) atoms. The standard InChI is InChI=1S/C22H24F3N5O2.C2HF3O2/c23-22(24,25)15-4-3-5-17(12-15)30-21(32)28-20(29-30)27-16-10-8-14(9-11-16)13-26-18-6-1-2-7-19(18)31;3-2(4,5)1(6)7/h3-5,8-12,18-19,26,31H,1-2,6-7,13H2,(H2,27,28,29,32);(H,6,7)/t18-,19-;/m1./s1. The van der Waals surface area contributed by atoms with Crippen LogP contribution in [0.5, 0.6) is 0 Å². The first-order chi connectivity index (χ1) is 18.2. The van der Waals surface area contributed by atoms with Gasteiger partial charge in [-0.3, -0.25) is 4.98 Å². The van der Waals surface area contributed by atoms with Crippen molar-refractivity contribution >= 4 is 17.6 Å². The van der Waals surface area contributed by atoms with Crippen molar-refractivity contribution in [2.24, 2.45) is 0 Å². The van der Waals surface area contributed by atoms with Gasteiger partial charge in [-0.05, 0) is 48.7 Å². The Hall–Kier alpha value is -3.85. The molecule has 1 fully saturated rings. The second-order valence-corrected chi connectivity index (χ2v) is 8.70. The summed E-state index contributed by atoms with van der Waals surface area (Å²) in [7, 11) is 0. The molecule has 0 radical (unpaired) electrons. The van der Waals surface area contributed by atoms with E-state index in [4.69, 9.17) is 9.90 Å². The van der Waals surface area contributed by atoms with Crippen LogP contribution in [-0.2, 0) is 17.5 Å². The highest BCUT2D eigenvalue weighted by atomic mass is 19.4. The predicted molar refractivity (Wildman–Crippen MR) is 128 cm³/mol. The summed E-state index contributed by atoms with van der Waals surface area (Å²) in [6.45, 7) is 0.628. The normalized spacial score (nSPS) is 17.7. The van der Waals surface area contributed by atoms with E-state index in [1.165, 1.54) is 12.1 Å². The number of nitrogens with one attached hydrogen (secondary N) is 3. The lowest BCUT2D eigenvalue weighted by Crippen LogP contribution is -2.41. The summed E-state index contributed by atoms with van der Waals surface area (Å²) in [6, 6.07) is 12.0. The van der Waals surface area contributed by atoms with Gasteiger partial charge in [-0.1, -0.05) is 31.0 Å². The molecule has 9 nitrogen and oxygen atoms in total. The average molecular weight is 561 g/mol. The van der Waals surface area contributed by atoms with Crippen LogP contribution in [0.4, 0.5) is 38.0 Å². The van der Waals surface area contributed by atoms with Crippen LogP contribution in [-0.4, -0.2) is 49.3 Å². The fourth-order valence-corrected chi connectivity index (χ4v) is 3.81. The number of hydrogen-bond acceptors (Lipinski definition) is 6. The highest BCUT2D eigenvalue weighted by molar-refractivity contribution is 5.73. The number of carboxylic acids is 1. The zero-order valence-corrected chi connectivity index (χ0v) is 20.2. The maximum Gasteiger partial charge on any atom is 0.490 e. The zero-order valence-electron chi connectivity index (χ0n) is 20.2. The number of halogens is 6. The van der Waals surface area contributed by atoms with Crippen molar-refractivity contribution in [1.29, 1.82) is 0 Å². The summed E-state index contributed by atoms with van der Waals surface area (Å²) < 4.78 is 71.4. The molecular formula is C24H25F6N5O4. The highest BCUT2D eigenvalue weighted by Crippen LogP contribution is 2.30. The third-order valence-corrected chi connectivity index (χ3v) is 5.79. The fraction of sp³-hybridized carbons (Fsp3) is 0.375. The Balaban J connectivity index is 0.000000532. The Bertz CT molecular complexity index is 1300. The third kappa shape index (κ3) is 8.58. The number of hydrogen-bond donors (Lipinski definition) is 5. The van der Waals surface area contributed by atoms with Crippen molar-refractivity contribution in [1.82, 2.24) is 20.1 Å². The van der Waals surface area contributed by atoms with Gasteiger partial charge in [0.05, 0.1) is 17.4 Å². The van der Waals surface area contributed by atoms with Gasteiger partial charge in [0.25, 0.3) is 0 Å². The first-order valence-corrected chi connectivity index (χ1v) is 11.7. The largest absolute Gasteiger partial charge is 0.490 e. The molecule has 5 N–H and O–H groups in total. The zero-order chi connectivity index (χ0) is 28.8. The molecule has 3 aromatic rings. The number of H-pyrrole nitrogens is 1. The molecule has 1 aliphatic carbocycles. The summed E-state index contributed by atoms with van der Waals surface area (Å²) in [5.74, 6) is -2.64. The lowest BCUT2D eigenvalue weighted by Gasteiger charge is -2.28. The van der Waals surface area contributed by atoms with Crippen LogP contribution in [0.25, 0.3) is 5.69 Å². The molecular weight excluding hydrogens is 536 g/mol. The van der Waals surface area contributed by atoms with E-state index in [-0.39, 0.29) is 23.8 Å². The Kier molecular flexibility index (Phi) is 9.40. The number of aromatic nitrogens is 3. The second kappa shape index (κ2) is 12.3. The van der Waals surface area contributed by atoms with Gasteiger partial charge in [0.2, 0.25) is 5.95 Å². The third-order valence-electron chi connectivity index (χ3n) is 5.79. The molecule has 4 rings (SSSR count). The minimum absolute atomic E-state index is 0.0143. The van der Waals surface area contributed by atoms with E-state index in [1.807, 2.05) is 24.3 Å². The summed E-state index contributed by atoms with van der Waals surface area (Å²) in [6.07, 6.45) is -5.95. The quantitative estimate of drug-likeness (QED) is 0.283. The van der Waals surface area contributed by atoms with Crippen LogP contribution in [0.15, 0.2) is 53.3 Å². The van der Waals surface area contributed by atoms with Crippen molar-refractivity contribution in [3.8, 4) is 5.69 Å². The number of aromatic amines is 1. The van der Waals surface area contributed by atoms with Crippen molar-refractivity contribution in [3.05, 3.63) is 70.1 Å². The number of carbonyl (C=O) groups is 1. The van der Waals surface area contributed by atoms with Gasteiger partial charge >= 0.3 is 24.0 Å². The van der Waals surface area contributed by atoms with Crippen LogP contribution in [0.1, 0.15) is 36.8 Å². The number of aliphatic carboxylic acids is 1. The van der Waals surface area contributed by atoms with Crippen LogP contribution < -0.4 is 16.3 Å². The number of alkyl halides is 6. The van der Waals surface area contributed by atoms with E-state index in [0.717, 1.165) is 48.1 Å². The minimum Gasteiger partial charge on any atom is -0.475 e. The molecule has 1 saturated carbocycles. The molecule has 212 valence electrons. The predicted octanol–water partition coefficient (Wildman–Crippen LogP) is 4.35. The van der Waals surface area contributed by atoms with Gasteiger partial charge in [-0.25, -0.2) is 9.59 Å². The van der Waals surface area contributed by atoms with Crippen LogP contribution in [0.3, 0.4) is 0 Å². The van der Waals surface area contributed by atoms with Crippen LogP contribution >= 0.6 is 0 Å². The Morgan fingerprint density at radius 2 is 1.69 bits per heavy atom. The Labute approximate surface area is 217 Å². The monoisotopic (exact) mass is 561 g/mol. The molecule has 15 heteroatoms. The Morgan fingerprint density at radius 1 is 1.05 bits per heavy atom. The first-order valence-electron chi connectivity index (χ1n) is 11.7. The van der Waals surface area contributed by atoms with E-state index >= 15 is 0 Å². The molecule has 0 amide bonds. The van der Waals surface area contributed by atoms with Gasteiger partial charge < -0.3 is 20.8 Å². The van der Waals surface area contributed by atoms with Gasteiger partial charge in [0.1, 0.15) is 0 Å². The van der Waals surface area contributed by atoms with Gasteiger partial charge in [0.15, 0.2) is 0 Å². The number of anilines is 2. The van der Waals surface area contributed by atoms with Crippen molar-refractivity contribution < 1.29 is 41.4 Å². The SMILES string of the molecule is O=C(O)C(F)(F)F.O=c1[nH]c(Nc2ccc(CN[C@@H]3CCCC[C@H]3O)cc2)nn1-c1cccc(C(F)(F)F)c1. The maximum absolute atomic E-state index is 12.9. The van der Waals surface area contributed by atoms with Gasteiger partial charge in [-0.2, -0.15) is 31.0 Å². The summed E-state index contributed by atoms with van der Waals surface area (Å²) in [5.41, 5.74) is 0.205. The molecule has 1 aliphatic rings. The average Bonchev–Trinajstić information content (AvgIpc) is 3.23. The highest BCUT2D eigenvalue weighted by Gasteiger charge is 2.38. The molecule has 0 bridgehead atoms. The maximum atomic E-state index is 12.9. The van der Waals surface area contributed by atoms with Gasteiger partial charge in [0, 0.05) is 18.3 Å². The molecule has 0 spiro atoms. The van der Waals surface area contributed by atoms with Crippen LogP contribution in [0, 0.1) is 0 Å². The number of rotatable bonds is 6. The Morgan fingerprint density at radius 3 is 2.28 bits per heavy atom. The number of aliphatic hydroxyl groups is 1. The van der Waals surface area contributed by atoms with Crippen LogP contribution in [0.2, 0.25) is 0 Å². The molecule has 1 heterocycles. The van der Waals surface area contributed by atoms with E-state index in [9.17, 15) is 36.2 Å².